The predicted octanol–water partition coefficient (Wildman–Crippen LogP) is 2.54. The molecule has 1 heterocycles. The highest BCUT2D eigenvalue weighted by atomic mass is 16.6. The van der Waals surface area contributed by atoms with E-state index in [9.17, 15) is 14.9 Å². The third kappa shape index (κ3) is 3.58. The molecule has 1 aromatic carbocycles. The van der Waals surface area contributed by atoms with Gasteiger partial charge in [-0.25, -0.2) is 0 Å². The SMILES string of the molecule is Cc1cc(NC(=O)C2CCNC(C)C2)c([N+](=O)[O-])cc1C. The van der Waals surface area contributed by atoms with Gasteiger partial charge in [0.2, 0.25) is 5.91 Å². The van der Waals surface area contributed by atoms with E-state index in [-0.39, 0.29) is 17.5 Å². The van der Waals surface area contributed by atoms with Crippen LogP contribution in [-0.2, 0) is 4.79 Å². The van der Waals surface area contributed by atoms with Gasteiger partial charge >= 0.3 is 0 Å². The van der Waals surface area contributed by atoms with Crippen molar-refractivity contribution >= 4 is 17.3 Å². The highest BCUT2D eigenvalue weighted by Gasteiger charge is 2.26. The fourth-order valence-electron chi connectivity index (χ4n) is 2.66. The number of rotatable bonds is 3. The number of nitro benzene ring substituents is 1. The standard InChI is InChI=1S/C15H21N3O3/c1-9-6-13(14(18(20)21)7-10(9)2)17-15(19)12-4-5-16-11(3)8-12/h6-7,11-12,16H,4-5,8H2,1-3H3,(H,17,19). The van der Waals surface area contributed by atoms with Gasteiger partial charge in [0.05, 0.1) is 4.92 Å². The number of nitrogens with zero attached hydrogens (tertiary/aromatic N) is 1. The Morgan fingerprint density at radius 1 is 1.38 bits per heavy atom. The molecule has 1 aliphatic rings. The zero-order valence-electron chi connectivity index (χ0n) is 12.6. The molecule has 6 heteroatoms. The smallest absolute Gasteiger partial charge is 0.293 e. The normalized spacial score (nSPS) is 21.9. The maximum atomic E-state index is 12.3. The van der Waals surface area contributed by atoms with Gasteiger partial charge in [-0.2, -0.15) is 0 Å². The van der Waals surface area contributed by atoms with Crippen molar-refractivity contribution in [2.45, 2.75) is 39.7 Å². The molecule has 0 radical (unpaired) electrons. The van der Waals surface area contributed by atoms with Crippen molar-refractivity contribution in [2.75, 3.05) is 11.9 Å². The van der Waals surface area contributed by atoms with Crippen LogP contribution in [0.5, 0.6) is 0 Å². The minimum absolute atomic E-state index is 0.0477. The molecule has 0 spiro atoms. The van der Waals surface area contributed by atoms with E-state index < -0.39 is 4.92 Å². The number of hydrogen-bond acceptors (Lipinski definition) is 4. The number of hydrogen-bond donors (Lipinski definition) is 2. The Balaban J connectivity index is 2.20. The molecule has 6 nitrogen and oxygen atoms in total. The number of carbonyl (C=O) groups excluding carboxylic acids is 1. The van der Waals surface area contributed by atoms with Gasteiger partial charge in [-0.15, -0.1) is 0 Å². The third-order valence-corrected chi connectivity index (χ3v) is 4.06. The van der Waals surface area contributed by atoms with Gasteiger partial charge in [-0.1, -0.05) is 0 Å². The maximum absolute atomic E-state index is 12.3. The number of nitrogens with one attached hydrogen (secondary N) is 2. The molecule has 0 aliphatic carbocycles. The molecular formula is C15H21N3O3. The molecule has 1 saturated heterocycles. The lowest BCUT2D eigenvalue weighted by Crippen LogP contribution is -2.40. The van der Waals surface area contributed by atoms with Crippen LogP contribution in [-0.4, -0.2) is 23.4 Å². The second kappa shape index (κ2) is 6.22. The first kappa shape index (κ1) is 15.4. The molecule has 1 amide bonds. The summed E-state index contributed by atoms with van der Waals surface area (Å²) in [5.41, 5.74) is 2.01. The molecule has 21 heavy (non-hydrogen) atoms. The summed E-state index contributed by atoms with van der Waals surface area (Å²) in [5.74, 6) is -0.225. The number of carbonyl (C=O) groups is 1. The first-order valence-corrected chi connectivity index (χ1v) is 7.18. The number of amides is 1. The van der Waals surface area contributed by atoms with Crippen molar-refractivity contribution < 1.29 is 9.72 Å². The van der Waals surface area contributed by atoms with Crippen LogP contribution in [0.15, 0.2) is 12.1 Å². The fraction of sp³-hybridized carbons (Fsp3) is 0.533. The summed E-state index contributed by atoms with van der Waals surface area (Å²) in [6.07, 6.45) is 1.51. The van der Waals surface area contributed by atoms with Gasteiger partial charge < -0.3 is 10.6 Å². The van der Waals surface area contributed by atoms with E-state index in [2.05, 4.69) is 10.6 Å². The molecule has 2 unspecified atom stereocenters. The average molecular weight is 291 g/mol. The maximum Gasteiger partial charge on any atom is 0.293 e. The molecule has 1 aliphatic heterocycles. The summed E-state index contributed by atoms with van der Waals surface area (Å²) in [6, 6.07) is 3.48. The molecule has 2 rings (SSSR count). The number of nitro groups is 1. The van der Waals surface area contributed by atoms with Crippen LogP contribution < -0.4 is 10.6 Å². The summed E-state index contributed by atoms with van der Waals surface area (Å²) in [6.45, 7) is 6.54. The van der Waals surface area contributed by atoms with Crippen LogP contribution in [0.3, 0.4) is 0 Å². The van der Waals surface area contributed by atoms with Gasteiger partial charge in [0.1, 0.15) is 5.69 Å². The second-order valence-electron chi connectivity index (χ2n) is 5.78. The number of benzene rings is 1. The molecule has 0 saturated carbocycles. The van der Waals surface area contributed by atoms with Crippen LogP contribution in [0.1, 0.15) is 30.9 Å². The topological polar surface area (TPSA) is 84.3 Å². The highest BCUT2D eigenvalue weighted by Crippen LogP contribution is 2.29. The Morgan fingerprint density at radius 3 is 2.67 bits per heavy atom. The Hall–Kier alpha value is -1.95. The van der Waals surface area contributed by atoms with Crippen LogP contribution >= 0.6 is 0 Å². The van der Waals surface area contributed by atoms with Crippen LogP contribution in [0.4, 0.5) is 11.4 Å². The molecule has 114 valence electrons. The first-order valence-electron chi connectivity index (χ1n) is 7.18. The number of piperidine rings is 1. The van der Waals surface area contributed by atoms with Gasteiger partial charge in [-0.05, 0) is 57.4 Å². The highest BCUT2D eigenvalue weighted by molar-refractivity contribution is 5.95. The molecule has 1 fully saturated rings. The first-order chi connectivity index (χ1) is 9.88. The summed E-state index contributed by atoms with van der Waals surface area (Å²) in [5, 5.41) is 17.2. The lowest BCUT2D eigenvalue weighted by molar-refractivity contribution is -0.384. The van der Waals surface area contributed by atoms with E-state index in [4.69, 9.17) is 0 Å². The van der Waals surface area contributed by atoms with Crippen molar-refractivity contribution in [3.63, 3.8) is 0 Å². The van der Waals surface area contributed by atoms with Crippen molar-refractivity contribution in [3.8, 4) is 0 Å². The predicted molar refractivity (Wildman–Crippen MR) is 81.4 cm³/mol. The van der Waals surface area contributed by atoms with E-state index in [0.717, 1.165) is 30.5 Å². The Bertz CT molecular complexity index is 572. The van der Waals surface area contributed by atoms with E-state index in [1.807, 2.05) is 20.8 Å². The fourth-order valence-corrected chi connectivity index (χ4v) is 2.66. The zero-order chi connectivity index (χ0) is 15.6. The third-order valence-electron chi connectivity index (χ3n) is 4.06. The van der Waals surface area contributed by atoms with E-state index >= 15 is 0 Å². The monoisotopic (exact) mass is 291 g/mol. The number of aryl methyl sites for hydroxylation is 2. The van der Waals surface area contributed by atoms with E-state index in [0.29, 0.717) is 11.7 Å². The molecule has 2 atom stereocenters. The van der Waals surface area contributed by atoms with E-state index in [1.165, 1.54) is 6.07 Å². The van der Waals surface area contributed by atoms with Crippen molar-refractivity contribution in [1.82, 2.24) is 5.32 Å². The molecule has 2 N–H and O–H groups in total. The van der Waals surface area contributed by atoms with Gasteiger partial charge in [-0.3, -0.25) is 14.9 Å². The lowest BCUT2D eigenvalue weighted by Gasteiger charge is -2.27. The second-order valence-corrected chi connectivity index (χ2v) is 5.78. The Kier molecular flexibility index (Phi) is 4.57. The quantitative estimate of drug-likeness (QED) is 0.662. The molecular weight excluding hydrogens is 270 g/mol. The Labute approximate surface area is 124 Å². The number of anilines is 1. The Morgan fingerprint density at radius 2 is 2.05 bits per heavy atom. The zero-order valence-corrected chi connectivity index (χ0v) is 12.6. The van der Waals surface area contributed by atoms with E-state index in [1.54, 1.807) is 6.07 Å². The minimum Gasteiger partial charge on any atom is -0.320 e. The molecule has 0 aromatic heterocycles. The summed E-state index contributed by atoms with van der Waals surface area (Å²) >= 11 is 0. The van der Waals surface area contributed by atoms with Crippen LogP contribution in [0.25, 0.3) is 0 Å². The van der Waals surface area contributed by atoms with Gasteiger partial charge in [0.15, 0.2) is 0 Å². The van der Waals surface area contributed by atoms with Crippen molar-refractivity contribution in [1.29, 1.82) is 0 Å². The molecule has 0 bridgehead atoms. The summed E-state index contributed by atoms with van der Waals surface area (Å²) < 4.78 is 0. The van der Waals surface area contributed by atoms with Crippen molar-refractivity contribution in [2.24, 2.45) is 5.92 Å². The summed E-state index contributed by atoms with van der Waals surface area (Å²) in [4.78, 5) is 23.0. The van der Waals surface area contributed by atoms with Gasteiger partial charge in [0, 0.05) is 18.0 Å². The molecule has 1 aromatic rings. The van der Waals surface area contributed by atoms with Gasteiger partial charge in [0.25, 0.3) is 5.69 Å². The largest absolute Gasteiger partial charge is 0.320 e. The summed E-state index contributed by atoms with van der Waals surface area (Å²) in [7, 11) is 0. The van der Waals surface area contributed by atoms with Crippen LogP contribution in [0, 0.1) is 29.9 Å². The minimum atomic E-state index is -0.451. The lowest BCUT2D eigenvalue weighted by atomic mass is 9.92. The van der Waals surface area contributed by atoms with Crippen molar-refractivity contribution in [3.05, 3.63) is 33.4 Å². The van der Waals surface area contributed by atoms with Crippen LogP contribution in [0.2, 0.25) is 0 Å². The average Bonchev–Trinajstić information content (AvgIpc) is 2.42.